The van der Waals surface area contributed by atoms with Gasteiger partial charge in [-0.2, -0.15) is 0 Å². The molecule has 1 saturated heterocycles. The number of nitrogens with one attached hydrogen (secondary N) is 3. The van der Waals surface area contributed by atoms with E-state index in [1.54, 1.807) is 6.33 Å². The molecular formula is C27H34N6O. The zero-order valence-corrected chi connectivity index (χ0v) is 19.0. The number of H-pyrrole nitrogens is 1. The minimum Gasteiger partial charge on any atom is -0.355 e. The Bertz CT molecular complexity index is 1340. The highest BCUT2D eigenvalue weighted by Gasteiger charge is 2.26. The number of amides is 2. The van der Waals surface area contributed by atoms with Crippen LogP contribution in [0.1, 0.15) is 52.9 Å². The number of hydrogen-bond acceptors (Lipinski definition) is 4. The number of fused-ring (bicyclic) bond motifs is 1. The van der Waals surface area contributed by atoms with Crippen molar-refractivity contribution in [2.24, 2.45) is 0 Å². The molecule has 0 spiro atoms. The number of aromatic amines is 1. The van der Waals surface area contributed by atoms with E-state index in [-0.39, 0.29) is 10.3 Å². The van der Waals surface area contributed by atoms with Gasteiger partial charge in [0.2, 0.25) is 0 Å². The third kappa shape index (κ3) is 4.21. The smallest absolute Gasteiger partial charge is 0.323 e. The molecule has 2 aromatic heterocycles. The summed E-state index contributed by atoms with van der Waals surface area (Å²) in [5.74, 6) is 1.94. The Morgan fingerprint density at radius 2 is 1.91 bits per heavy atom. The highest BCUT2D eigenvalue weighted by atomic mass is 16.2. The molecule has 2 aromatic carbocycles. The maximum atomic E-state index is 12.8. The second-order valence-electron chi connectivity index (χ2n) is 9.29. The second-order valence-corrected chi connectivity index (χ2v) is 9.29. The topological polar surface area (TPSA) is 85.9 Å². The number of carbonyl (C=O) groups is 1. The molecule has 1 aliphatic carbocycles. The number of carbonyl (C=O) groups excluding carboxylic acids is 1. The molecule has 7 nitrogen and oxygen atoms in total. The first-order valence-electron chi connectivity index (χ1n) is 12.0. The van der Waals surface area contributed by atoms with Crippen LogP contribution in [0, 0.1) is 0 Å². The lowest BCUT2D eigenvalue weighted by atomic mass is 9.90. The van der Waals surface area contributed by atoms with Gasteiger partial charge in [-0.05, 0) is 67.0 Å². The van der Waals surface area contributed by atoms with Gasteiger partial charge < -0.3 is 20.5 Å². The van der Waals surface area contributed by atoms with Gasteiger partial charge in [-0.25, -0.2) is 14.8 Å². The van der Waals surface area contributed by atoms with Crippen molar-refractivity contribution in [3.8, 4) is 0 Å². The number of aromatic nitrogens is 3. The van der Waals surface area contributed by atoms with E-state index < -0.39 is 0 Å². The fourth-order valence-corrected chi connectivity index (χ4v) is 5.07. The van der Waals surface area contributed by atoms with Crippen LogP contribution in [-0.4, -0.2) is 34.1 Å². The summed E-state index contributed by atoms with van der Waals surface area (Å²) in [6.45, 7) is 1.87. The number of para-hydroxylation sites is 1. The summed E-state index contributed by atoms with van der Waals surface area (Å²) in [5.41, 5.74) is 5.05. The van der Waals surface area contributed by atoms with E-state index in [9.17, 15) is 4.79 Å². The Kier molecular flexibility index (Phi) is 5.37. The van der Waals surface area contributed by atoms with Crippen molar-refractivity contribution in [1.82, 2.24) is 15.0 Å². The Hall–Kier alpha value is -3.87. The van der Waals surface area contributed by atoms with Crippen LogP contribution < -0.4 is 15.5 Å². The summed E-state index contributed by atoms with van der Waals surface area (Å²) in [6, 6.07) is 18.2. The molecule has 1 atom stereocenters. The van der Waals surface area contributed by atoms with Crippen LogP contribution in [0.3, 0.4) is 0 Å². The van der Waals surface area contributed by atoms with Crippen molar-refractivity contribution in [3.05, 3.63) is 78.2 Å². The monoisotopic (exact) mass is 458 g/mol. The van der Waals surface area contributed by atoms with E-state index in [0.29, 0.717) is 11.8 Å². The Labute approximate surface area is 203 Å². The zero-order valence-electron chi connectivity index (χ0n) is 19.0. The Morgan fingerprint density at radius 1 is 1.00 bits per heavy atom. The number of nitrogens with zero attached hydrogens (tertiary/aromatic N) is 3. The minimum atomic E-state index is -0.202. The van der Waals surface area contributed by atoms with E-state index in [1.807, 2.05) is 42.6 Å². The maximum absolute atomic E-state index is 12.8. The fraction of sp³-hybridized carbons (Fsp3) is 0.296. The molecule has 4 aromatic rings. The third-order valence-corrected chi connectivity index (χ3v) is 6.90. The summed E-state index contributed by atoms with van der Waals surface area (Å²) < 4.78 is 0. The first kappa shape index (κ1) is 20.7. The molecule has 1 aliphatic heterocycles. The predicted octanol–water partition coefficient (Wildman–Crippen LogP) is 6.60. The molecular weight excluding hydrogens is 424 g/mol. The van der Waals surface area contributed by atoms with E-state index in [0.717, 1.165) is 54.2 Å². The first-order valence-corrected chi connectivity index (χ1v) is 12.0. The number of benzene rings is 2. The van der Waals surface area contributed by atoms with Crippen molar-refractivity contribution < 1.29 is 9.07 Å². The molecule has 178 valence electrons. The van der Waals surface area contributed by atoms with Gasteiger partial charge in [-0.15, -0.1) is 0 Å². The molecule has 2 aliphatic rings. The SMILES string of the molecule is O=C(Nc1cccc(C2CCCN(c3ncnc4[nH]ccc34)C2)c1)Nc1ccccc1C1CC1.[HH].[HH].[HH]. The van der Waals surface area contributed by atoms with Crippen LogP contribution in [0.25, 0.3) is 11.0 Å². The van der Waals surface area contributed by atoms with E-state index in [4.69, 9.17) is 0 Å². The van der Waals surface area contributed by atoms with Gasteiger partial charge >= 0.3 is 6.03 Å². The van der Waals surface area contributed by atoms with Gasteiger partial charge in [0.05, 0.1) is 5.39 Å². The molecule has 3 heterocycles. The summed E-state index contributed by atoms with van der Waals surface area (Å²) in [4.78, 5) is 27.2. The van der Waals surface area contributed by atoms with Gasteiger partial charge in [0.15, 0.2) is 0 Å². The predicted molar refractivity (Wildman–Crippen MR) is 142 cm³/mol. The van der Waals surface area contributed by atoms with Gasteiger partial charge in [0, 0.05) is 40.9 Å². The van der Waals surface area contributed by atoms with E-state index in [1.165, 1.54) is 24.0 Å². The number of rotatable bonds is 5. The lowest BCUT2D eigenvalue weighted by molar-refractivity contribution is 0.262. The molecule has 3 N–H and O–H groups in total. The first-order chi connectivity index (χ1) is 16.7. The number of hydrogen-bond donors (Lipinski definition) is 3. The minimum absolute atomic E-state index is 0. The molecule has 34 heavy (non-hydrogen) atoms. The van der Waals surface area contributed by atoms with Crippen molar-refractivity contribution >= 4 is 34.3 Å². The van der Waals surface area contributed by atoms with Crippen molar-refractivity contribution in [1.29, 1.82) is 0 Å². The summed E-state index contributed by atoms with van der Waals surface area (Å²) >= 11 is 0. The van der Waals surface area contributed by atoms with Crippen LogP contribution in [-0.2, 0) is 0 Å². The summed E-state index contributed by atoms with van der Waals surface area (Å²) in [5, 5.41) is 7.14. The molecule has 0 bridgehead atoms. The second kappa shape index (κ2) is 8.82. The van der Waals surface area contributed by atoms with Gasteiger partial charge in [-0.3, -0.25) is 0 Å². The lowest BCUT2D eigenvalue weighted by Gasteiger charge is -2.34. The summed E-state index contributed by atoms with van der Waals surface area (Å²) in [6.07, 6.45) is 8.14. The number of piperidine rings is 1. The maximum Gasteiger partial charge on any atom is 0.323 e. The van der Waals surface area contributed by atoms with E-state index >= 15 is 0 Å². The molecule has 2 amide bonds. The molecule has 2 fully saturated rings. The van der Waals surface area contributed by atoms with Crippen LogP contribution in [0.4, 0.5) is 22.0 Å². The average molecular weight is 459 g/mol. The van der Waals surface area contributed by atoms with Crippen molar-refractivity contribution in [3.63, 3.8) is 0 Å². The van der Waals surface area contributed by atoms with Crippen LogP contribution in [0.2, 0.25) is 0 Å². The quantitative estimate of drug-likeness (QED) is 0.314. The van der Waals surface area contributed by atoms with Crippen molar-refractivity contribution in [2.75, 3.05) is 28.6 Å². The molecule has 7 heteroatoms. The van der Waals surface area contributed by atoms with Gasteiger partial charge in [0.25, 0.3) is 0 Å². The highest BCUT2D eigenvalue weighted by Crippen LogP contribution is 2.43. The third-order valence-electron chi connectivity index (χ3n) is 6.90. The Balaban J connectivity index is 0.00000127. The van der Waals surface area contributed by atoms with Gasteiger partial charge in [0.1, 0.15) is 17.8 Å². The van der Waals surface area contributed by atoms with Crippen LogP contribution in [0.15, 0.2) is 67.1 Å². The standard InChI is InChI=1S/C27H28N6O.3H2/c34-27(32-24-9-2-1-8-22(24)18-10-11-18)31-21-7-3-5-19(15-21)20-6-4-14-33(16-20)26-23-12-13-28-25(23)29-17-30-26;;;/h1-3,5,7-9,12-13,15,17-18,20H,4,6,10-11,14,16H2,(H,28,29,30)(H2,31,32,34);3*1H. The normalized spacial score (nSPS) is 18.1. The zero-order chi connectivity index (χ0) is 22.9. The van der Waals surface area contributed by atoms with Crippen LogP contribution >= 0.6 is 0 Å². The number of anilines is 3. The van der Waals surface area contributed by atoms with Gasteiger partial charge in [-0.1, -0.05) is 30.3 Å². The average Bonchev–Trinajstić information content (AvgIpc) is 3.60. The molecule has 1 unspecified atom stereocenters. The van der Waals surface area contributed by atoms with E-state index in [2.05, 4.69) is 48.7 Å². The highest BCUT2D eigenvalue weighted by molar-refractivity contribution is 6.00. The molecule has 0 radical (unpaired) electrons. The summed E-state index contributed by atoms with van der Waals surface area (Å²) in [7, 11) is 0. The fourth-order valence-electron chi connectivity index (χ4n) is 5.07. The van der Waals surface area contributed by atoms with Crippen LogP contribution in [0.5, 0.6) is 0 Å². The Morgan fingerprint density at radius 3 is 2.82 bits per heavy atom. The molecule has 6 rings (SSSR count). The molecule has 1 saturated carbocycles. The van der Waals surface area contributed by atoms with Crippen molar-refractivity contribution in [2.45, 2.75) is 37.5 Å². The largest absolute Gasteiger partial charge is 0.355 e. The number of urea groups is 1. The lowest BCUT2D eigenvalue weighted by Crippen LogP contribution is -2.35.